The standard InChI is InChI=1S/C15H16BrNO3S2/c1-3-10-17(11-13-6-9-15(16)21-13)22(18,19)14-7-4-12(20-2)5-8-14/h3-9H,1,10-11H2,2H3. The van der Waals surface area contributed by atoms with Crippen molar-refractivity contribution in [2.45, 2.75) is 11.4 Å². The lowest BCUT2D eigenvalue weighted by Gasteiger charge is -2.20. The van der Waals surface area contributed by atoms with Crippen LogP contribution in [0.3, 0.4) is 0 Å². The normalized spacial score (nSPS) is 11.6. The minimum atomic E-state index is -3.58. The molecule has 1 aromatic heterocycles. The van der Waals surface area contributed by atoms with Crippen LogP contribution in [-0.4, -0.2) is 26.4 Å². The summed E-state index contributed by atoms with van der Waals surface area (Å²) >= 11 is 4.90. The van der Waals surface area contributed by atoms with Crippen molar-refractivity contribution in [3.63, 3.8) is 0 Å². The van der Waals surface area contributed by atoms with E-state index in [1.807, 2.05) is 12.1 Å². The van der Waals surface area contributed by atoms with E-state index in [2.05, 4.69) is 22.5 Å². The molecule has 0 aliphatic rings. The monoisotopic (exact) mass is 401 g/mol. The predicted octanol–water partition coefficient (Wildman–Crippen LogP) is 3.90. The van der Waals surface area contributed by atoms with Crippen LogP contribution >= 0.6 is 27.3 Å². The van der Waals surface area contributed by atoms with E-state index >= 15 is 0 Å². The summed E-state index contributed by atoms with van der Waals surface area (Å²) in [5.74, 6) is 0.622. The first-order valence-corrected chi connectivity index (χ1v) is 9.51. The summed E-state index contributed by atoms with van der Waals surface area (Å²) in [5.41, 5.74) is 0. The second kappa shape index (κ2) is 7.41. The van der Waals surface area contributed by atoms with E-state index in [1.54, 1.807) is 37.5 Å². The van der Waals surface area contributed by atoms with E-state index in [1.165, 1.54) is 15.6 Å². The molecule has 7 heteroatoms. The molecule has 0 aliphatic carbocycles. The van der Waals surface area contributed by atoms with Gasteiger partial charge < -0.3 is 4.74 Å². The zero-order chi connectivity index (χ0) is 16.2. The fourth-order valence-corrected chi connectivity index (χ4v) is 4.87. The van der Waals surface area contributed by atoms with Gasteiger partial charge in [-0.1, -0.05) is 6.08 Å². The molecule has 2 aromatic rings. The maximum atomic E-state index is 12.8. The molecule has 0 atom stereocenters. The number of ether oxygens (including phenoxy) is 1. The summed E-state index contributed by atoms with van der Waals surface area (Å²) in [6, 6.07) is 10.2. The van der Waals surface area contributed by atoms with Gasteiger partial charge >= 0.3 is 0 Å². The summed E-state index contributed by atoms with van der Waals surface area (Å²) in [4.78, 5) is 1.21. The Labute approximate surface area is 143 Å². The Morgan fingerprint density at radius 2 is 1.95 bits per heavy atom. The number of rotatable bonds is 7. The third-order valence-electron chi connectivity index (χ3n) is 2.99. The van der Waals surface area contributed by atoms with Crippen molar-refractivity contribution < 1.29 is 13.2 Å². The number of sulfonamides is 1. The molecule has 0 bridgehead atoms. The van der Waals surface area contributed by atoms with Crippen LogP contribution < -0.4 is 4.74 Å². The van der Waals surface area contributed by atoms with Gasteiger partial charge in [-0.3, -0.25) is 0 Å². The van der Waals surface area contributed by atoms with Crippen LogP contribution in [0.5, 0.6) is 5.75 Å². The third kappa shape index (κ3) is 3.98. The van der Waals surface area contributed by atoms with Gasteiger partial charge in [-0.25, -0.2) is 8.42 Å². The van der Waals surface area contributed by atoms with Crippen molar-refractivity contribution in [2.75, 3.05) is 13.7 Å². The highest BCUT2D eigenvalue weighted by Gasteiger charge is 2.24. The van der Waals surface area contributed by atoms with Crippen molar-refractivity contribution in [1.82, 2.24) is 4.31 Å². The Balaban J connectivity index is 2.29. The zero-order valence-corrected chi connectivity index (χ0v) is 15.2. The Kier molecular flexibility index (Phi) is 5.80. The van der Waals surface area contributed by atoms with Crippen molar-refractivity contribution in [3.8, 4) is 5.75 Å². The molecule has 22 heavy (non-hydrogen) atoms. The van der Waals surface area contributed by atoms with Crippen molar-refractivity contribution in [2.24, 2.45) is 0 Å². The lowest BCUT2D eigenvalue weighted by molar-refractivity contribution is 0.414. The zero-order valence-electron chi connectivity index (χ0n) is 12.0. The second-order valence-electron chi connectivity index (χ2n) is 4.47. The summed E-state index contributed by atoms with van der Waals surface area (Å²) in [6.45, 7) is 4.22. The van der Waals surface area contributed by atoms with E-state index in [4.69, 9.17) is 4.74 Å². The number of halogens is 1. The molecule has 0 amide bonds. The number of benzene rings is 1. The second-order valence-corrected chi connectivity index (χ2v) is 8.95. The van der Waals surface area contributed by atoms with Gasteiger partial charge in [0, 0.05) is 18.0 Å². The largest absolute Gasteiger partial charge is 0.497 e. The molecule has 0 saturated carbocycles. The van der Waals surface area contributed by atoms with Gasteiger partial charge in [-0.2, -0.15) is 4.31 Å². The number of hydrogen-bond donors (Lipinski definition) is 0. The number of methoxy groups -OCH3 is 1. The topological polar surface area (TPSA) is 46.6 Å². The SMILES string of the molecule is C=CCN(Cc1ccc(Br)s1)S(=O)(=O)c1ccc(OC)cc1. The highest BCUT2D eigenvalue weighted by molar-refractivity contribution is 9.11. The first-order valence-electron chi connectivity index (χ1n) is 6.46. The van der Waals surface area contributed by atoms with Gasteiger partial charge in [-0.05, 0) is 52.3 Å². The summed E-state index contributed by atoms with van der Waals surface area (Å²) in [6.07, 6.45) is 1.59. The highest BCUT2D eigenvalue weighted by atomic mass is 79.9. The van der Waals surface area contributed by atoms with Crippen molar-refractivity contribution >= 4 is 37.3 Å². The Bertz CT molecular complexity index is 738. The lowest BCUT2D eigenvalue weighted by Crippen LogP contribution is -2.30. The fourth-order valence-electron chi connectivity index (χ4n) is 1.90. The Morgan fingerprint density at radius 3 is 2.45 bits per heavy atom. The highest BCUT2D eigenvalue weighted by Crippen LogP contribution is 2.26. The Hall–Kier alpha value is -1.15. The smallest absolute Gasteiger partial charge is 0.243 e. The summed E-state index contributed by atoms with van der Waals surface area (Å²) in [7, 11) is -2.04. The number of thiophene rings is 1. The molecule has 0 radical (unpaired) electrons. The maximum Gasteiger partial charge on any atom is 0.243 e. The molecule has 0 unspecified atom stereocenters. The van der Waals surface area contributed by atoms with Gasteiger partial charge in [0.15, 0.2) is 0 Å². The van der Waals surface area contributed by atoms with Crippen LogP contribution in [0, 0.1) is 0 Å². The molecule has 118 valence electrons. The molecular formula is C15H16BrNO3S2. The van der Waals surface area contributed by atoms with Gasteiger partial charge in [0.2, 0.25) is 10.0 Å². The van der Waals surface area contributed by atoms with Crippen LogP contribution in [0.25, 0.3) is 0 Å². The van der Waals surface area contributed by atoms with E-state index in [0.717, 1.165) is 8.66 Å². The van der Waals surface area contributed by atoms with E-state index in [9.17, 15) is 8.42 Å². The van der Waals surface area contributed by atoms with Crippen molar-refractivity contribution in [3.05, 3.63) is 57.7 Å². The quantitative estimate of drug-likeness (QED) is 0.660. The fraction of sp³-hybridized carbons (Fsp3) is 0.200. The number of hydrogen-bond acceptors (Lipinski definition) is 4. The average Bonchev–Trinajstić information content (AvgIpc) is 2.92. The van der Waals surface area contributed by atoms with Crippen LogP contribution in [0.15, 0.2) is 57.7 Å². The molecule has 0 saturated heterocycles. The van der Waals surface area contributed by atoms with E-state index < -0.39 is 10.0 Å². The minimum absolute atomic E-state index is 0.241. The van der Waals surface area contributed by atoms with Gasteiger partial charge in [0.25, 0.3) is 0 Å². The minimum Gasteiger partial charge on any atom is -0.497 e. The summed E-state index contributed by atoms with van der Waals surface area (Å²) < 4.78 is 33.0. The van der Waals surface area contributed by atoms with E-state index in [0.29, 0.717) is 12.3 Å². The molecule has 0 aliphatic heterocycles. The average molecular weight is 402 g/mol. The molecule has 0 spiro atoms. The maximum absolute atomic E-state index is 12.8. The first-order chi connectivity index (χ1) is 10.5. The third-order valence-corrected chi connectivity index (χ3v) is 6.43. The van der Waals surface area contributed by atoms with Crippen LogP contribution in [0.4, 0.5) is 0 Å². The molecule has 0 fully saturated rings. The van der Waals surface area contributed by atoms with Crippen LogP contribution in [0.1, 0.15) is 4.88 Å². The predicted molar refractivity (Wildman–Crippen MR) is 92.8 cm³/mol. The molecular weight excluding hydrogens is 386 g/mol. The molecule has 1 heterocycles. The Morgan fingerprint density at radius 1 is 1.27 bits per heavy atom. The number of nitrogens with zero attached hydrogens (tertiary/aromatic N) is 1. The van der Waals surface area contributed by atoms with Gasteiger partial charge in [-0.15, -0.1) is 17.9 Å². The lowest BCUT2D eigenvalue weighted by atomic mass is 10.3. The molecule has 0 N–H and O–H groups in total. The van der Waals surface area contributed by atoms with Crippen molar-refractivity contribution in [1.29, 1.82) is 0 Å². The van der Waals surface area contributed by atoms with Crippen LogP contribution in [0.2, 0.25) is 0 Å². The first kappa shape index (κ1) is 17.2. The van der Waals surface area contributed by atoms with Crippen LogP contribution in [-0.2, 0) is 16.6 Å². The van der Waals surface area contributed by atoms with Gasteiger partial charge in [0.1, 0.15) is 5.75 Å². The molecule has 4 nitrogen and oxygen atoms in total. The summed E-state index contributed by atoms with van der Waals surface area (Å²) in [5, 5.41) is 0. The molecule has 2 rings (SSSR count). The van der Waals surface area contributed by atoms with Gasteiger partial charge in [0.05, 0.1) is 15.8 Å². The molecule has 1 aromatic carbocycles. The van der Waals surface area contributed by atoms with E-state index in [-0.39, 0.29) is 11.4 Å².